The predicted molar refractivity (Wildman–Crippen MR) is 135 cm³/mol. The fourth-order valence-corrected chi connectivity index (χ4v) is 5.65. The van der Waals surface area contributed by atoms with Gasteiger partial charge >= 0.3 is 0 Å². The molecular weight excluding hydrogens is 448 g/mol. The molecule has 0 N–H and O–H groups in total. The molecule has 0 aliphatic carbocycles. The maximum absolute atomic E-state index is 12.9. The SMILES string of the molecule is CCn1c(CN2CCCCCC2=O)nnc1SCC(=O)N1CCN(c2cccc(C)c2C)CC1. The summed E-state index contributed by atoms with van der Waals surface area (Å²) in [6, 6.07) is 6.42. The first-order chi connectivity index (χ1) is 16.5. The lowest BCUT2D eigenvalue weighted by molar-refractivity contribution is -0.131. The average molecular weight is 485 g/mol. The lowest BCUT2D eigenvalue weighted by Gasteiger charge is -2.37. The number of hydrogen-bond acceptors (Lipinski definition) is 6. The van der Waals surface area contributed by atoms with Crippen LogP contribution in [0.25, 0.3) is 0 Å². The molecule has 0 saturated carbocycles. The summed E-state index contributed by atoms with van der Waals surface area (Å²) < 4.78 is 2.04. The molecule has 0 bridgehead atoms. The van der Waals surface area contributed by atoms with Gasteiger partial charge in [0.15, 0.2) is 11.0 Å². The highest BCUT2D eigenvalue weighted by Crippen LogP contribution is 2.25. The van der Waals surface area contributed by atoms with Gasteiger partial charge in [0.2, 0.25) is 11.8 Å². The first-order valence-electron chi connectivity index (χ1n) is 12.4. The third-order valence-corrected chi connectivity index (χ3v) is 7.94. The van der Waals surface area contributed by atoms with Crippen molar-refractivity contribution in [3.63, 3.8) is 0 Å². The fourth-order valence-electron chi connectivity index (χ4n) is 4.73. The van der Waals surface area contributed by atoms with E-state index in [1.165, 1.54) is 28.6 Å². The Morgan fingerprint density at radius 1 is 1.03 bits per heavy atom. The zero-order valence-corrected chi connectivity index (χ0v) is 21.4. The summed E-state index contributed by atoms with van der Waals surface area (Å²) in [6.07, 6.45) is 3.73. The van der Waals surface area contributed by atoms with Gasteiger partial charge in [-0.15, -0.1) is 10.2 Å². The number of amides is 2. The zero-order valence-electron chi connectivity index (χ0n) is 20.6. The summed E-state index contributed by atoms with van der Waals surface area (Å²) in [5.74, 6) is 1.49. The van der Waals surface area contributed by atoms with Crippen LogP contribution < -0.4 is 4.90 Å². The van der Waals surface area contributed by atoms with Crippen molar-refractivity contribution in [2.75, 3.05) is 43.4 Å². The minimum absolute atomic E-state index is 0.139. The van der Waals surface area contributed by atoms with Crippen LogP contribution in [0.1, 0.15) is 49.6 Å². The molecule has 9 heteroatoms. The molecule has 1 aromatic heterocycles. The van der Waals surface area contributed by atoms with Crippen LogP contribution in [-0.2, 0) is 22.7 Å². The number of piperazine rings is 1. The normalized spacial score (nSPS) is 17.3. The lowest BCUT2D eigenvalue weighted by atomic mass is 10.1. The molecule has 8 nitrogen and oxygen atoms in total. The number of aryl methyl sites for hydroxylation is 1. The third kappa shape index (κ3) is 5.56. The predicted octanol–water partition coefficient (Wildman–Crippen LogP) is 3.26. The molecular formula is C25H36N6O2S. The van der Waals surface area contributed by atoms with E-state index in [0.29, 0.717) is 18.7 Å². The van der Waals surface area contributed by atoms with Gasteiger partial charge in [-0.05, 0) is 50.8 Å². The van der Waals surface area contributed by atoms with Gasteiger partial charge in [-0.25, -0.2) is 0 Å². The van der Waals surface area contributed by atoms with E-state index in [-0.39, 0.29) is 11.8 Å². The number of thioether (sulfide) groups is 1. The number of benzene rings is 1. The second kappa shape index (κ2) is 11.3. The molecule has 1 aromatic carbocycles. The quantitative estimate of drug-likeness (QED) is 0.562. The molecule has 0 atom stereocenters. The van der Waals surface area contributed by atoms with Crippen molar-refractivity contribution in [3.05, 3.63) is 35.2 Å². The van der Waals surface area contributed by atoms with Gasteiger partial charge in [0.25, 0.3) is 0 Å². The van der Waals surface area contributed by atoms with E-state index in [0.717, 1.165) is 69.5 Å². The first kappa shape index (κ1) is 24.6. The third-order valence-electron chi connectivity index (χ3n) is 6.99. The molecule has 2 fully saturated rings. The Morgan fingerprint density at radius 3 is 2.59 bits per heavy atom. The van der Waals surface area contributed by atoms with Gasteiger partial charge in [0, 0.05) is 51.4 Å². The molecule has 2 amide bonds. The van der Waals surface area contributed by atoms with E-state index in [4.69, 9.17) is 0 Å². The summed E-state index contributed by atoms with van der Waals surface area (Å²) in [6.45, 7) is 11.5. The van der Waals surface area contributed by atoms with E-state index in [9.17, 15) is 9.59 Å². The molecule has 2 saturated heterocycles. The molecule has 3 heterocycles. The summed E-state index contributed by atoms with van der Waals surface area (Å²) in [4.78, 5) is 31.5. The number of nitrogens with zero attached hydrogens (tertiary/aromatic N) is 6. The van der Waals surface area contributed by atoms with E-state index in [2.05, 4.69) is 54.1 Å². The topological polar surface area (TPSA) is 74.6 Å². The van der Waals surface area contributed by atoms with Crippen molar-refractivity contribution in [2.45, 2.75) is 64.7 Å². The summed E-state index contributed by atoms with van der Waals surface area (Å²) in [5, 5.41) is 9.46. The monoisotopic (exact) mass is 484 g/mol. The molecule has 2 aliphatic heterocycles. The summed E-state index contributed by atoms with van der Waals surface area (Å²) in [5.41, 5.74) is 3.88. The molecule has 4 rings (SSSR count). The average Bonchev–Trinajstić information content (AvgIpc) is 3.12. The Kier molecular flexibility index (Phi) is 8.13. The van der Waals surface area contributed by atoms with Crippen molar-refractivity contribution in [3.8, 4) is 0 Å². The van der Waals surface area contributed by atoms with Crippen molar-refractivity contribution in [1.29, 1.82) is 0 Å². The van der Waals surface area contributed by atoms with Gasteiger partial charge < -0.3 is 19.3 Å². The number of likely N-dealkylation sites (tertiary alicyclic amines) is 1. The highest BCUT2D eigenvalue weighted by Gasteiger charge is 2.24. The van der Waals surface area contributed by atoms with Crippen LogP contribution in [-0.4, -0.2) is 74.9 Å². The number of aromatic nitrogens is 3. The van der Waals surface area contributed by atoms with E-state index in [1.807, 2.05) is 14.4 Å². The van der Waals surface area contributed by atoms with Crippen LogP contribution in [0.4, 0.5) is 5.69 Å². The van der Waals surface area contributed by atoms with Crippen molar-refractivity contribution >= 4 is 29.3 Å². The van der Waals surface area contributed by atoms with Crippen molar-refractivity contribution < 1.29 is 9.59 Å². The Bertz CT molecular complexity index is 1010. The van der Waals surface area contributed by atoms with Crippen LogP contribution >= 0.6 is 11.8 Å². The van der Waals surface area contributed by atoms with E-state index < -0.39 is 0 Å². The molecule has 2 aliphatic rings. The Morgan fingerprint density at radius 2 is 1.82 bits per heavy atom. The summed E-state index contributed by atoms with van der Waals surface area (Å²) >= 11 is 1.44. The van der Waals surface area contributed by atoms with Crippen LogP contribution in [0.2, 0.25) is 0 Å². The number of rotatable bonds is 7. The van der Waals surface area contributed by atoms with E-state index in [1.54, 1.807) is 0 Å². The van der Waals surface area contributed by atoms with Gasteiger partial charge in [-0.1, -0.05) is 30.3 Å². The van der Waals surface area contributed by atoms with Crippen LogP contribution in [0.15, 0.2) is 23.4 Å². The zero-order chi connectivity index (χ0) is 24.1. The number of anilines is 1. The Balaban J connectivity index is 1.31. The highest BCUT2D eigenvalue weighted by atomic mass is 32.2. The van der Waals surface area contributed by atoms with Crippen molar-refractivity contribution in [2.24, 2.45) is 0 Å². The molecule has 2 aromatic rings. The van der Waals surface area contributed by atoms with Gasteiger partial charge in [-0.3, -0.25) is 9.59 Å². The van der Waals surface area contributed by atoms with Crippen LogP contribution in [0.3, 0.4) is 0 Å². The largest absolute Gasteiger partial charge is 0.368 e. The number of hydrogen-bond donors (Lipinski definition) is 0. The molecule has 184 valence electrons. The number of carbonyl (C=O) groups is 2. The van der Waals surface area contributed by atoms with Crippen molar-refractivity contribution in [1.82, 2.24) is 24.6 Å². The summed E-state index contributed by atoms with van der Waals surface area (Å²) in [7, 11) is 0. The highest BCUT2D eigenvalue weighted by molar-refractivity contribution is 7.99. The maximum Gasteiger partial charge on any atom is 0.233 e. The molecule has 34 heavy (non-hydrogen) atoms. The number of carbonyl (C=O) groups excluding carboxylic acids is 2. The Labute approximate surface area is 206 Å². The molecule has 0 spiro atoms. The second-order valence-electron chi connectivity index (χ2n) is 9.14. The van der Waals surface area contributed by atoms with Gasteiger partial charge in [0.05, 0.1) is 12.3 Å². The smallest absolute Gasteiger partial charge is 0.233 e. The fraction of sp³-hybridized carbons (Fsp3) is 0.600. The van der Waals surface area contributed by atoms with Gasteiger partial charge in [-0.2, -0.15) is 0 Å². The standard InChI is InChI=1S/C25H36N6O2S/c1-4-31-22(17-30-12-7-5-6-11-23(30)32)26-27-25(31)34-18-24(33)29-15-13-28(14-16-29)21-10-8-9-19(2)20(21)3/h8-10H,4-7,11-18H2,1-3H3. The van der Waals surface area contributed by atoms with Crippen LogP contribution in [0, 0.1) is 13.8 Å². The lowest BCUT2D eigenvalue weighted by Crippen LogP contribution is -2.49. The molecule has 0 unspecified atom stereocenters. The minimum Gasteiger partial charge on any atom is -0.368 e. The Hall–Kier alpha value is -2.55. The van der Waals surface area contributed by atoms with E-state index >= 15 is 0 Å². The second-order valence-corrected chi connectivity index (χ2v) is 10.1. The maximum atomic E-state index is 12.9. The van der Waals surface area contributed by atoms with Crippen LogP contribution in [0.5, 0.6) is 0 Å². The molecule has 0 radical (unpaired) electrons. The minimum atomic E-state index is 0.139. The van der Waals surface area contributed by atoms with Gasteiger partial charge in [0.1, 0.15) is 0 Å². The first-order valence-corrected chi connectivity index (χ1v) is 13.4.